The molecule has 0 aromatic heterocycles. The first-order chi connectivity index (χ1) is 9.68. The molecule has 1 aromatic carbocycles. The molecule has 1 amide bonds. The van der Waals surface area contributed by atoms with Crippen molar-refractivity contribution in [3.05, 3.63) is 28.8 Å². The minimum atomic E-state index is -3.47. The highest BCUT2D eigenvalue weighted by atomic mass is 35.5. The predicted octanol–water partition coefficient (Wildman–Crippen LogP) is 1.99. The Balaban J connectivity index is 2.32. The molecule has 5 nitrogen and oxygen atoms in total. The monoisotopic (exact) mass is 331 g/mol. The molecule has 0 spiro atoms. The van der Waals surface area contributed by atoms with Gasteiger partial charge in [-0.2, -0.15) is 0 Å². The van der Waals surface area contributed by atoms with Crippen molar-refractivity contribution < 1.29 is 17.9 Å². The number of morpholine rings is 1. The fourth-order valence-corrected chi connectivity index (χ4v) is 3.75. The molecule has 0 bridgehead atoms. The molecule has 1 fully saturated rings. The van der Waals surface area contributed by atoms with Gasteiger partial charge in [0.2, 0.25) is 0 Å². The van der Waals surface area contributed by atoms with Crippen molar-refractivity contribution in [1.29, 1.82) is 0 Å². The van der Waals surface area contributed by atoms with Crippen LogP contribution in [0, 0.1) is 0 Å². The van der Waals surface area contributed by atoms with Crippen molar-refractivity contribution >= 4 is 27.3 Å². The number of rotatable bonds is 2. The Morgan fingerprint density at radius 1 is 1.29 bits per heavy atom. The van der Waals surface area contributed by atoms with E-state index in [1.807, 2.05) is 13.8 Å². The van der Waals surface area contributed by atoms with Crippen molar-refractivity contribution in [2.75, 3.05) is 19.3 Å². The zero-order chi connectivity index (χ0) is 15.8. The molecule has 7 heteroatoms. The second-order valence-corrected chi connectivity index (χ2v) is 7.78. The minimum absolute atomic E-state index is 0.0237. The van der Waals surface area contributed by atoms with E-state index in [9.17, 15) is 13.2 Å². The van der Waals surface area contributed by atoms with Gasteiger partial charge in [-0.25, -0.2) is 8.42 Å². The molecule has 2 rings (SSSR count). The largest absolute Gasteiger partial charge is 0.372 e. The quantitative estimate of drug-likeness (QED) is 0.831. The molecular formula is C14H18ClNO4S. The van der Waals surface area contributed by atoms with E-state index in [1.165, 1.54) is 12.1 Å². The molecule has 2 atom stereocenters. The van der Waals surface area contributed by atoms with Gasteiger partial charge in [-0.15, -0.1) is 0 Å². The van der Waals surface area contributed by atoms with Gasteiger partial charge in [-0.1, -0.05) is 11.6 Å². The topological polar surface area (TPSA) is 63.7 Å². The summed E-state index contributed by atoms with van der Waals surface area (Å²) >= 11 is 5.89. The molecule has 1 aliphatic heterocycles. The SMILES string of the molecule is C[C@@H]1CN(C(=O)c2ccc(Cl)c(S(C)(=O)=O)c2)C[C@H](C)O1. The van der Waals surface area contributed by atoms with Crippen LogP contribution in [0.2, 0.25) is 5.02 Å². The minimum Gasteiger partial charge on any atom is -0.372 e. The van der Waals surface area contributed by atoms with E-state index in [1.54, 1.807) is 11.0 Å². The zero-order valence-electron chi connectivity index (χ0n) is 12.2. The van der Waals surface area contributed by atoms with Crippen molar-refractivity contribution in [2.45, 2.75) is 31.0 Å². The van der Waals surface area contributed by atoms with E-state index in [-0.39, 0.29) is 28.0 Å². The van der Waals surface area contributed by atoms with Gasteiger partial charge in [0, 0.05) is 24.9 Å². The number of carbonyl (C=O) groups is 1. The lowest BCUT2D eigenvalue weighted by molar-refractivity contribution is -0.0586. The van der Waals surface area contributed by atoms with Crippen LogP contribution in [0.4, 0.5) is 0 Å². The Morgan fingerprint density at radius 2 is 1.86 bits per heavy atom. The Labute approximate surface area is 129 Å². The van der Waals surface area contributed by atoms with Crippen LogP contribution in [0.15, 0.2) is 23.1 Å². The van der Waals surface area contributed by atoms with Crippen molar-refractivity contribution in [3.63, 3.8) is 0 Å². The molecule has 1 aromatic rings. The predicted molar refractivity (Wildman–Crippen MR) is 80.5 cm³/mol. The Morgan fingerprint density at radius 3 is 2.38 bits per heavy atom. The second-order valence-electron chi connectivity index (χ2n) is 5.38. The number of carbonyl (C=O) groups excluding carboxylic acids is 1. The number of amides is 1. The van der Waals surface area contributed by atoms with Gasteiger partial charge in [0.15, 0.2) is 9.84 Å². The number of nitrogens with zero attached hydrogens (tertiary/aromatic N) is 1. The highest BCUT2D eigenvalue weighted by molar-refractivity contribution is 7.90. The average molecular weight is 332 g/mol. The molecule has 116 valence electrons. The van der Waals surface area contributed by atoms with Crippen LogP contribution in [0.3, 0.4) is 0 Å². The van der Waals surface area contributed by atoms with Gasteiger partial charge in [0.05, 0.1) is 22.1 Å². The van der Waals surface area contributed by atoms with Gasteiger partial charge in [0.25, 0.3) is 5.91 Å². The van der Waals surface area contributed by atoms with Gasteiger partial charge >= 0.3 is 0 Å². The number of benzene rings is 1. The van der Waals surface area contributed by atoms with Gasteiger partial charge in [-0.3, -0.25) is 4.79 Å². The first-order valence-electron chi connectivity index (χ1n) is 6.63. The van der Waals surface area contributed by atoms with E-state index < -0.39 is 9.84 Å². The summed E-state index contributed by atoms with van der Waals surface area (Å²) in [7, 11) is -3.47. The Hall–Kier alpha value is -1.11. The van der Waals surface area contributed by atoms with E-state index >= 15 is 0 Å². The first kappa shape index (κ1) is 16.3. The van der Waals surface area contributed by atoms with Crippen LogP contribution in [0.1, 0.15) is 24.2 Å². The highest BCUT2D eigenvalue weighted by Gasteiger charge is 2.27. The normalized spacial score (nSPS) is 23.1. The van der Waals surface area contributed by atoms with Crippen molar-refractivity contribution in [1.82, 2.24) is 4.90 Å². The van der Waals surface area contributed by atoms with E-state index in [2.05, 4.69) is 0 Å². The maximum Gasteiger partial charge on any atom is 0.254 e. The highest BCUT2D eigenvalue weighted by Crippen LogP contribution is 2.24. The fraction of sp³-hybridized carbons (Fsp3) is 0.500. The summed E-state index contributed by atoms with van der Waals surface area (Å²) < 4.78 is 28.9. The van der Waals surface area contributed by atoms with E-state index in [4.69, 9.17) is 16.3 Å². The lowest BCUT2D eigenvalue weighted by atomic mass is 10.1. The maximum atomic E-state index is 12.5. The molecule has 0 radical (unpaired) electrons. The number of hydrogen-bond acceptors (Lipinski definition) is 4. The lowest BCUT2D eigenvalue weighted by Gasteiger charge is -2.35. The summed E-state index contributed by atoms with van der Waals surface area (Å²) in [6.07, 6.45) is 0.986. The zero-order valence-corrected chi connectivity index (χ0v) is 13.7. The molecule has 0 N–H and O–H groups in total. The van der Waals surface area contributed by atoms with Crippen LogP contribution >= 0.6 is 11.6 Å². The summed E-state index contributed by atoms with van der Waals surface area (Å²) in [6.45, 7) is 4.78. The summed E-state index contributed by atoms with van der Waals surface area (Å²) in [4.78, 5) is 14.2. The number of sulfone groups is 1. The first-order valence-corrected chi connectivity index (χ1v) is 8.89. The van der Waals surface area contributed by atoms with Gasteiger partial charge in [-0.05, 0) is 32.0 Å². The third-order valence-corrected chi connectivity index (χ3v) is 4.86. The molecule has 1 saturated heterocycles. The molecular weight excluding hydrogens is 314 g/mol. The van der Waals surface area contributed by atoms with Crippen LogP contribution in [-0.2, 0) is 14.6 Å². The van der Waals surface area contributed by atoms with Crippen LogP contribution in [0.5, 0.6) is 0 Å². The Bertz CT molecular complexity index is 649. The molecule has 1 aliphatic rings. The number of hydrogen-bond donors (Lipinski definition) is 0. The number of ether oxygens (including phenoxy) is 1. The van der Waals surface area contributed by atoms with E-state index in [0.717, 1.165) is 6.26 Å². The molecule has 0 unspecified atom stereocenters. The summed E-state index contributed by atoms with van der Waals surface area (Å²) in [5.41, 5.74) is 0.320. The summed E-state index contributed by atoms with van der Waals surface area (Å²) in [5.74, 6) is -0.210. The maximum absolute atomic E-state index is 12.5. The van der Waals surface area contributed by atoms with Crippen LogP contribution in [-0.4, -0.2) is 50.8 Å². The van der Waals surface area contributed by atoms with Crippen LogP contribution < -0.4 is 0 Å². The van der Waals surface area contributed by atoms with Crippen molar-refractivity contribution in [3.8, 4) is 0 Å². The summed E-state index contributed by atoms with van der Waals surface area (Å²) in [6, 6.07) is 4.33. The van der Waals surface area contributed by atoms with Gasteiger partial charge < -0.3 is 9.64 Å². The molecule has 1 heterocycles. The van der Waals surface area contributed by atoms with Crippen molar-refractivity contribution in [2.24, 2.45) is 0 Å². The molecule has 0 saturated carbocycles. The fourth-order valence-electron chi connectivity index (χ4n) is 2.45. The molecule has 0 aliphatic carbocycles. The third kappa shape index (κ3) is 3.75. The Kier molecular flexibility index (Phi) is 4.60. The average Bonchev–Trinajstić information content (AvgIpc) is 2.36. The third-order valence-electron chi connectivity index (χ3n) is 3.28. The second kappa shape index (κ2) is 5.94. The van der Waals surface area contributed by atoms with Gasteiger partial charge in [0.1, 0.15) is 0 Å². The van der Waals surface area contributed by atoms with E-state index in [0.29, 0.717) is 18.7 Å². The van der Waals surface area contributed by atoms with Crippen LogP contribution in [0.25, 0.3) is 0 Å². The molecule has 21 heavy (non-hydrogen) atoms. The lowest BCUT2D eigenvalue weighted by Crippen LogP contribution is -2.48. The summed E-state index contributed by atoms with van der Waals surface area (Å²) in [5, 5.41) is 0.123. The number of halogens is 1. The smallest absolute Gasteiger partial charge is 0.254 e. The standard InChI is InChI=1S/C14H18ClNO4S/c1-9-7-16(8-10(2)20-9)14(17)11-4-5-12(15)13(6-11)21(3,18)19/h4-6,9-10H,7-8H2,1-3H3/t9-,10+.